The predicted molar refractivity (Wildman–Crippen MR) is 77.7 cm³/mol. The minimum Gasteiger partial charge on any atom is -0.618 e. The van der Waals surface area contributed by atoms with Crippen LogP contribution in [0.1, 0.15) is 15.9 Å². The maximum atomic E-state index is 13.3. The third-order valence-electron chi connectivity index (χ3n) is 3.50. The highest BCUT2D eigenvalue weighted by Gasteiger charge is 2.37. The summed E-state index contributed by atoms with van der Waals surface area (Å²) in [6.07, 6.45) is 0. The standard InChI is InChI=1S/C16H12FNO4/c1-21-13-6-3-9(7-14(13)22-2)15-16(19)11-8-10(17)4-5-12(11)18(15)20/h3-8H,1-2H3. The molecule has 0 aromatic heterocycles. The fraction of sp³-hybridized carbons (Fsp3) is 0.125. The third kappa shape index (κ3) is 2.00. The molecule has 2 aromatic rings. The fourth-order valence-corrected chi connectivity index (χ4v) is 2.44. The summed E-state index contributed by atoms with van der Waals surface area (Å²) in [7, 11) is 2.95. The molecule has 0 N–H and O–H groups in total. The average Bonchev–Trinajstić information content (AvgIpc) is 2.77. The van der Waals surface area contributed by atoms with Crippen molar-refractivity contribution in [3.05, 3.63) is 58.5 Å². The first kappa shape index (κ1) is 14.1. The van der Waals surface area contributed by atoms with E-state index in [0.29, 0.717) is 21.8 Å². The lowest BCUT2D eigenvalue weighted by Gasteiger charge is -2.08. The van der Waals surface area contributed by atoms with Gasteiger partial charge in [0, 0.05) is 6.07 Å². The van der Waals surface area contributed by atoms with E-state index in [1.54, 1.807) is 18.2 Å². The number of ether oxygens (including phenoxy) is 2. The number of fused-ring (bicyclic) bond motifs is 1. The summed E-state index contributed by atoms with van der Waals surface area (Å²) < 4.78 is 24.1. The predicted octanol–water partition coefficient (Wildman–Crippen LogP) is 2.67. The first-order valence-corrected chi connectivity index (χ1v) is 6.47. The molecule has 0 fully saturated rings. The number of hydrogen-bond acceptors (Lipinski definition) is 4. The van der Waals surface area contributed by atoms with Crippen molar-refractivity contribution in [2.45, 2.75) is 0 Å². The summed E-state index contributed by atoms with van der Waals surface area (Å²) in [6.45, 7) is 0. The van der Waals surface area contributed by atoms with E-state index >= 15 is 0 Å². The molecule has 0 atom stereocenters. The van der Waals surface area contributed by atoms with Crippen LogP contribution in [0.15, 0.2) is 36.4 Å². The van der Waals surface area contributed by atoms with Crippen molar-refractivity contribution >= 4 is 17.2 Å². The monoisotopic (exact) mass is 301 g/mol. The molecule has 5 nitrogen and oxygen atoms in total. The normalized spacial score (nSPS) is 13.3. The number of benzene rings is 2. The van der Waals surface area contributed by atoms with Crippen LogP contribution in [0, 0.1) is 11.0 Å². The highest BCUT2D eigenvalue weighted by atomic mass is 19.1. The van der Waals surface area contributed by atoms with Gasteiger partial charge < -0.3 is 14.7 Å². The van der Waals surface area contributed by atoms with Crippen LogP contribution in [0.3, 0.4) is 0 Å². The second-order valence-corrected chi connectivity index (χ2v) is 4.70. The van der Waals surface area contributed by atoms with Crippen molar-refractivity contribution in [1.82, 2.24) is 0 Å². The van der Waals surface area contributed by atoms with Gasteiger partial charge in [0.15, 0.2) is 11.5 Å². The number of carbonyl (C=O) groups is 1. The van der Waals surface area contributed by atoms with E-state index in [2.05, 4.69) is 0 Å². The Labute approximate surface area is 125 Å². The van der Waals surface area contributed by atoms with Crippen molar-refractivity contribution in [2.24, 2.45) is 0 Å². The first-order valence-electron chi connectivity index (χ1n) is 6.47. The van der Waals surface area contributed by atoms with E-state index in [4.69, 9.17) is 9.47 Å². The van der Waals surface area contributed by atoms with E-state index in [-0.39, 0.29) is 17.0 Å². The van der Waals surface area contributed by atoms with E-state index in [9.17, 15) is 14.4 Å². The number of nitrogens with zero attached hydrogens (tertiary/aromatic N) is 1. The minimum absolute atomic E-state index is 0.0554. The van der Waals surface area contributed by atoms with Gasteiger partial charge in [-0.2, -0.15) is 4.74 Å². The summed E-state index contributed by atoms with van der Waals surface area (Å²) in [6, 6.07) is 8.24. The molecule has 0 unspecified atom stereocenters. The number of rotatable bonds is 3. The van der Waals surface area contributed by atoms with Gasteiger partial charge in [0.2, 0.25) is 5.69 Å². The summed E-state index contributed by atoms with van der Waals surface area (Å²) in [5, 5.41) is 12.3. The van der Waals surface area contributed by atoms with Crippen molar-refractivity contribution in [2.75, 3.05) is 14.2 Å². The Hall–Kier alpha value is -2.89. The molecule has 1 aliphatic rings. The topological polar surface area (TPSA) is 61.6 Å². The highest BCUT2D eigenvalue weighted by molar-refractivity contribution is 6.52. The molecule has 112 valence electrons. The van der Waals surface area contributed by atoms with Crippen LogP contribution < -0.4 is 9.47 Å². The maximum Gasteiger partial charge on any atom is 0.273 e. The quantitative estimate of drug-likeness (QED) is 0.646. The van der Waals surface area contributed by atoms with Crippen LogP contribution in [0.2, 0.25) is 0 Å². The second kappa shape index (κ2) is 5.14. The molecule has 0 bridgehead atoms. The number of methoxy groups -OCH3 is 2. The molecular weight excluding hydrogens is 289 g/mol. The van der Waals surface area contributed by atoms with E-state index in [1.165, 1.54) is 20.3 Å². The van der Waals surface area contributed by atoms with Gasteiger partial charge >= 0.3 is 0 Å². The van der Waals surface area contributed by atoms with Gasteiger partial charge in [0.1, 0.15) is 11.4 Å². The van der Waals surface area contributed by atoms with Crippen LogP contribution >= 0.6 is 0 Å². The van der Waals surface area contributed by atoms with Crippen LogP contribution in [-0.2, 0) is 0 Å². The van der Waals surface area contributed by atoms with Crippen LogP contribution in [0.25, 0.3) is 0 Å². The van der Waals surface area contributed by atoms with Gasteiger partial charge in [0.25, 0.3) is 11.5 Å². The average molecular weight is 301 g/mol. The molecule has 6 heteroatoms. The van der Waals surface area contributed by atoms with Crippen molar-refractivity contribution in [3.63, 3.8) is 0 Å². The molecule has 0 aliphatic carbocycles. The molecule has 1 aliphatic heterocycles. The second-order valence-electron chi connectivity index (χ2n) is 4.70. The lowest BCUT2D eigenvalue weighted by Crippen LogP contribution is -2.16. The molecule has 22 heavy (non-hydrogen) atoms. The molecule has 0 spiro atoms. The zero-order valence-electron chi connectivity index (χ0n) is 11.9. The number of Topliss-reactive ketones (excluding diaryl/α,β-unsaturated/α-hetero) is 1. The first-order chi connectivity index (χ1) is 10.6. The molecular formula is C16H12FNO4. The Morgan fingerprint density at radius 2 is 1.77 bits per heavy atom. The number of carbonyl (C=O) groups excluding carboxylic acids is 1. The zero-order valence-corrected chi connectivity index (χ0v) is 11.9. The van der Waals surface area contributed by atoms with E-state index in [1.807, 2.05) is 0 Å². The van der Waals surface area contributed by atoms with Gasteiger partial charge in [-0.05, 0) is 30.3 Å². The van der Waals surface area contributed by atoms with Gasteiger partial charge in [-0.1, -0.05) is 0 Å². The van der Waals surface area contributed by atoms with Gasteiger partial charge in [-0.15, -0.1) is 0 Å². The van der Waals surface area contributed by atoms with Crippen molar-refractivity contribution in [1.29, 1.82) is 0 Å². The summed E-state index contributed by atoms with van der Waals surface area (Å²) in [5.74, 6) is -0.195. The van der Waals surface area contributed by atoms with Crippen LogP contribution in [0.4, 0.5) is 10.1 Å². The molecule has 0 radical (unpaired) electrons. The molecule has 0 amide bonds. The third-order valence-corrected chi connectivity index (χ3v) is 3.50. The SMILES string of the molecule is COc1ccc(C2=[N+]([O-])c3ccc(F)cc3C2=O)cc1OC. The molecule has 2 aromatic carbocycles. The van der Waals surface area contributed by atoms with Gasteiger partial charge in [0.05, 0.1) is 19.8 Å². The summed E-state index contributed by atoms with van der Waals surface area (Å²) in [4.78, 5) is 12.4. The smallest absolute Gasteiger partial charge is 0.273 e. The van der Waals surface area contributed by atoms with E-state index < -0.39 is 11.6 Å². The Morgan fingerprint density at radius 3 is 2.45 bits per heavy atom. The highest BCUT2D eigenvalue weighted by Crippen LogP contribution is 2.32. The maximum absolute atomic E-state index is 13.3. The minimum atomic E-state index is -0.561. The number of ketones is 1. The Balaban J connectivity index is 2.14. The molecule has 0 saturated carbocycles. The lowest BCUT2D eigenvalue weighted by molar-refractivity contribution is -0.355. The van der Waals surface area contributed by atoms with Gasteiger partial charge in [-0.3, -0.25) is 4.79 Å². The molecule has 0 saturated heterocycles. The molecule has 3 rings (SSSR count). The van der Waals surface area contributed by atoms with Gasteiger partial charge in [-0.25, -0.2) is 4.39 Å². The Kier molecular flexibility index (Phi) is 3.29. The fourth-order valence-electron chi connectivity index (χ4n) is 2.44. The van der Waals surface area contributed by atoms with Crippen LogP contribution in [0.5, 0.6) is 11.5 Å². The Morgan fingerprint density at radius 1 is 1.05 bits per heavy atom. The number of halogens is 1. The lowest BCUT2D eigenvalue weighted by atomic mass is 10.0. The number of hydrogen-bond donors (Lipinski definition) is 0. The van der Waals surface area contributed by atoms with Crippen molar-refractivity contribution < 1.29 is 23.4 Å². The summed E-state index contributed by atoms with van der Waals surface area (Å²) in [5.41, 5.74) is 0.506. The Bertz CT molecular complexity index is 814. The van der Waals surface area contributed by atoms with E-state index in [0.717, 1.165) is 12.1 Å². The largest absolute Gasteiger partial charge is 0.618 e. The summed E-state index contributed by atoms with van der Waals surface area (Å²) >= 11 is 0. The van der Waals surface area contributed by atoms with Crippen LogP contribution in [-0.4, -0.2) is 30.5 Å². The zero-order chi connectivity index (χ0) is 15.9. The van der Waals surface area contributed by atoms with Crippen molar-refractivity contribution in [3.8, 4) is 11.5 Å². The molecule has 1 heterocycles.